The van der Waals surface area contributed by atoms with Gasteiger partial charge in [-0.2, -0.15) is 0 Å². The SMILES string of the molecule is CC/C=C\C/C=C\C/C=C\C/C=C\C/C=C\C/C=C\CCC(=O)OC(COC(=O)CCCCCCCCCCC/C=C\C/C=C\CCCCCCC)COC(=O)CCCCCCCCCCCCCCCCCCCCC. The second-order valence-electron chi connectivity index (χ2n) is 21.6. The molecule has 77 heavy (non-hydrogen) atoms. The van der Waals surface area contributed by atoms with Crippen LogP contribution in [-0.2, 0) is 28.6 Å². The third-order valence-corrected chi connectivity index (χ3v) is 14.1. The van der Waals surface area contributed by atoms with Crippen LogP contribution in [-0.4, -0.2) is 37.2 Å². The van der Waals surface area contributed by atoms with Crippen molar-refractivity contribution in [3.05, 3.63) is 97.2 Å². The molecule has 0 heterocycles. The Labute approximate surface area is 477 Å². The topological polar surface area (TPSA) is 78.9 Å². The summed E-state index contributed by atoms with van der Waals surface area (Å²) in [5, 5.41) is 0. The average molecular weight is 1070 g/mol. The maximum atomic E-state index is 12.9. The van der Waals surface area contributed by atoms with Crippen LogP contribution in [0.2, 0.25) is 0 Å². The van der Waals surface area contributed by atoms with Crippen LogP contribution in [0, 0.1) is 0 Å². The minimum Gasteiger partial charge on any atom is -0.462 e. The van der Waals surface area contributed by atoms with Crippen molar-refractivity contribution in [2.75, 3.05) is 13.2 Å². The van der Waals surface area contributed by atoms with E-state index < -0.39 is 6.10 Å². The highest BCUT2D eigenvalue weighted by Gasteiger charge is 2.19. The Morgan fingerprint density at radius 1 is 0.273 bits per heavy atom. The van der Waals surface area contributed by atoms with Crippen molar-refractivity contribution in [2.45, 2.75) is 322 Å². The quantitative estimate of drug-likeness (QED) is 0.0261. The summed E-state index contributed by atoms with van der Waals surface area (Å²) >= 11 is 0. The summed E-state index contributed by atoms with van der Waals surface area (Å²) in [6.45, 7) is 6.49. The normalized spacial score (nSPS) is 12.7. The molecule has 0 aromatic rings. The van der Waals surface area contributed by atoms with Crippen LogP contribution in [0.4, 0.5) is 0 Å². The molecule has 0 aromatic heterocycles. The van der Waals surface area contributed by atoms with Gasteiger partial charge in [0.2, 0.25) is 0 Å². The fourth-order valence-corrected chi connectivity index (χ4v) is 9.21. The maximum absolute atomic E-state index is 12.9. The number of carbonyl (C=O) groups excluding carboxylic acids is 3. The van der Waals surface area contributed by atoms with E-state index in [1.807, 2.05) is 6.08 Å². The fourth-order valence-electron chi connectivity index (χ4n) is 9.21. The van der Waals surface area contributed by atoms with Gasteiger partial charge in [-0.3, -0.25) is 14.4 Å². The van der Waals surface area contributed by atoms with Crippen LogP contribution >= 0.6 is 0 Å². The number of rotatable bonds is 59. The molecule has 6 heteroatoms. The molecule has 0 rings (SSSR count). The van der Waals surface area contributed by atoms with Gasteiger partial charge >= 0.3 is 17.9 Å². The molecule has 1 atom stereocenters. The molecule has 0 saturated carbocycles. The maximum Gasteiger partial charge on any atom is 0.306 e. The van der Waals surface area contributed by atoms with Crippen molar-refractivity contribution in [2.24, 2.45) is 0 Å². The van der Waals surface area contributed by atoms with Gasteiger partial charge in [0, 0.05) is 19.3 Å². The summed E-state index contributed by atoms with van der Waals surface area (Å²) in [6.07, 6.45) is 87.1. The molecular formula is C71H122O6. The van der Waals surface area contributed by atoms with Gasteiger partial charge in [0.25, 0.3) is 0 Å². The summed E-state index contributed by atoms with van der Waals surface area (Å²) in [4.78, 5) is 38.3. The van der Waals surface area contributed by atoms with Crippen molar-refractivity contribution in [1.82, 2.24) is 0 Å². The van der Waals surface area contributed by atoms with Crippen molar-refractivity contribution < 1.29 is 28.6 Å². The molecule has 0 aliphatic rings. The van der Waals surface area contributed by atoms with E-state index >= 15 is 0 Å². The van der Waals surface area contributed by atoms with E-state index in [9.17, 15) is 14.4 Å². The Hall–Kier alpha value is -3.67. The van der Waals surface area contributed by atoms with E-state index in [0.717, 1.165) is 83.5 Å². The molecule has 0 aromatic carbocycles. The Morgan fingerprint density at radius 3 is 0.844 bits per heavy atom. The molecule has 1 unspecified atom stereocenters. The van der Waals surface area contributed by atoms with E-state index in [1.165, 1.54) is 186 Å². The monoisotopic (exact) mass is 1070 g/mol. The molecule has 0 spiro atoms. The standard InChI is InChI=1S/C71H122O6/c1-4-7-10-13-16-19-22-25-28-31-34-35-38-40-43-46-49-52-55-58-61-64-70(73)76-67-68(77-71(74)65-62-59-56-53-50-47-44-41-37-33-30-27-24-21-18-15-12-9-6-3)66-75-69(72)63-60-57-54-51-48-45-42-39-36-32-29-26-23-20-17-14-11-8-5-2/h9,12,18,21-22,25,27,30-31,34,37,41,47,50,56,59,68H,4-8,10-11,13-17,19-20,23-24,26,28-29,32-33,35-36,38-40,42-46,48-49,51-55,57-58,60-67H2,1-3H3/b12-9-,21-18-,25-22-,30-27-,34-31-,41-37-,50-47-,59-56-. The fraction of sp³-hybridized carbons (Fsp3) is 0.732. The average Bonchev–Trinajstić information content (AvgIpc) is 3.43. The lowest BCUT2D eigenvalue weighted by molar-refractivity contribution is -0.166. The second kappa shape index (κ2) is 64.9. The van der Waals surface area contributed by atoms with Gasteiger partial charge in [0.15, 0.2) is 6.10 Å². The zero-order valence-electron chi connectivity index (χ0n) is 50.7. The molecule has 0 radical (unpaired) electrons. The highest BCUT2D eigenvalue weighted by molar-refractivity contribution is 5.71. The third kappa shape index (κ3) is 63.0. The van der Waals surface area contributed by atoms with Crippen LogP contribution in [0.1, 0.15) is 316 Å². The lowest BCUT2D eigenvalue weighted by Crippen LogP contribution is -2.30. The van der Waals surface area contributed by atoms with Crippen molar-refractivity contribution in [3.63, 3.8) is 0 Å². The molecule has 0 aliphatic carbocycles. The van der Waals surface area contributed by atoms with E-state index in [-0.39, 0.29) is 37.5 Å². The first-order valence-electron chi connectivity index (χ1n) is 32.7. The number of hydrogen-bond acceptors (Lipinski definition) is 6. The largest absolute Gasteiger partial charge is 0.462 e. The van der Waals surface area contributed by atoms with Gasteiger partial charge in [0.1, 0.15) is 13.2 Å². The molecule has 0 bridgehead atoms. The number of allylic oxidation sites excluding steroid dienone is 16. The minimum atomic E-state index is -0.821. The van der Waals surface area contributed by atoms with E-state index in [2.05, 4.69) is 112 Å². The van der Waals surface area contributed by atoms with Gasteiger partial charge in [-0.05, 0) is 89.9 Å². The summed E-state index contributed by atoms with van der Waals surface area (Å²) < 4.78 is 16.9. The van der Waals surface area contributed by atoms with Crippen LogP contribution in [0.25, 0.3) is 0 Å². The minimum absolute atomic E-state index is 0.107. The third-order valence-electron chi connectivity index (χ3n) is 14.1. The lowest BCUT2D eigenvalue weighted by Gasteiger charge is -2.18. The second-order valence-corrected chi connectivity index (χ2v) is 21.6. The van der Waals surface area contributed by atoms with Crippen LogP contribution < -0.4 is 0 Å². The van der Waals surface area contributed by atoms with Crippen molar-refractivity contribution in [1.29, 1.82) is 0 Å². The molecule has 0 amide bonds. The molecule has 0 saturated heterocycles. The first kappa shape index (κ1) is 73.3. The summed E-state index contributed by atoms with van der Waals surface area (Å²) in [5.74, 6) is -0.983. The van der Waals surface area contributed by atoms with E-state index in [1.54, 1.807) is 0 Å². The zero-order chi connectivity index (χ0) is 55.7. The van der Waals surface area contributed by atoms with Crippen molar-refractivity contribution >= 4 is 17.9 Å². The van der Waals surface area contributed by atoms with Gasteiger partial charge in [-0.1, -0.05) is 304 Å². The highest BCUT2D eigenvalue weighted by Crippen LogP contribution is 2.17. The number of carbonyl (C=O) groups is 3. The Balaban J connectivity index is 4.46. The molecule has 0 aliphatic heterocycles. The summed E-state index contributed by atoms with van der Waals surface area (Å²) in [7, 11) is 0. The van der Waals surface area contributed by atoms with Gasteiger partial charge in [0.05, 0.1) is 0 Å². The molecule has 0 fully saturated rings. The first-order valence-corrected chi connectivity index (χ1v) is 32.7. The highest BCUT2D eigenvalue weighted by atomic mass is 16.6. The number of hydrogen-bond donors (Lipinski definition) is 0. The lowest BCUT2D eigenvalue weighted by atomic mass is 10.0. The predicted octanol–water partition coefficient (Wildman–Crippen LogP) is 22.4. The van der Waals surface area contributed by atoms with Gasteiger partial charge in [-0.25, -0.2) is 0 Å². The molecule has 442 valence electrons. The van der Waals surface area contributed by atoms with Crippen LogP contribution in [0.15, 0.2) is 97.2 Å². The van der Waals surface area contributed by atoms with E-state index in [4.69, 9.17) is 14.2 Å². The van der Waals surface area contributed by atoms with Crippen molar-refractivity contribution in [3.8, 4) is 0 Å². The summed E-state index contributed by atoms with van der Waals surface area (Å²) in [6, 6.07) is 0. The van der Waals surface area contributed by atoms with E-state index in [0.29, 0.717) is 19.3 Å². The number of ether oxygens (including phenoxy) is 3. The number of unbranched alkanes of at least 4 members (excludes halogenated alkanes) is 32. The smallest absolute Gasteiger partial charge is 0.306 e. The molecule has 6 nitrogen and oxygen atoms in total. The number of esters is 3. The summed E-state index contributed by atoms with van der Waals surface area (Å²) in [5.41, 5.74) is 0. The molecular weight excluding hydrogens is 949 g/mol. The first-order chi connectivity index (χ1) is 38.0. The Bertz CT molecular complexity index is 1510. The van der Waals surface area contributed by atoms with Crippen LogP contribution in [0.5, 0.6) is 0 Å². The van der Waals surface area contributed by atoms with Gasteiger partial charge < -0.3 is 14.2 Å². The van der Waals surface area contributed by atoms with Gasteiger partial charge in [-0.15, -0.1) is 0 Å². The van der Waals surface area contributed by atoms with Crippen LogP contribution in [0.3, 0.4) is 0 Å². The Kier molecular flexibility index (Phi) is 61.8. The molecule has 0 N–H and O–H groups in total. The zero-order valence-corrected chi connectivity index (χ0v) is 50.7. The Morgan fingerprint density at radius 2 is 0.532 bits per heavy atom. The predicted molar refractivity (Wildman–Crippen MR) is 334 cm³/mol.